The SMILES string of the molecule is C[n+]1ccc(C=C2C(=O)NC(=S)N(c3ccc(Oc4ccccc4)cc3)C2=O)cc1. The number of amides is 2. The van der Waals surface area contributed by atoms with Crippen LogP contribution < -0.4 is 19.5 Å². The molecular formula is C23H18N3O3S+. The molecule has 1 aliphatic rings. The topological polar surface area (TPSA) is 62.5 Å². The molecule has 1 N–H and O–H groups in total. The van der Waals surface area contributed by atoms with Gasteiger partial charge in [-0.05, 0) is 60.3 Å². The first kappa shape index (κ1) is 19.5. The number of aromatic nitrogens is 1. The molecule has 0 spiro atoms. The summed E-state index contributed by atoms with van der Waals surface area (Å²) >= 11 is 5.25. The van der Waals surface area contributed by atoms with Crippen LogP contribution in [0, 0.1) is 0 Å². The van der Waals surface area contributed by atoms with Crippen molar-refractivity contribution in [2.75, 3.05) is 4.90 Å². The van der Waals surface area contributed by atoms with Gasteiger partial charge in [-0.2, -0.15) is 0 Å². The molecule has 4 rings (SSSR count). The molecule has 2 amide bonds. The molecule has 1 saturated heterocycles. The Balaban J connectivity index is 1.59. The lowest BCUT2D eigenvalue weighted by molar-refractivity contribution is -0.671. The quantitative estimate of drug-likeness (QED) is 0.307. The Labute approximate surface area is 179 Å². The van der Waals surface area contributed by atoms with Gasteiger partial charge in [-0.15, -0.1) is 0 Å². The van der Waals surface area contributed by atoms with Crippen LogP contribution in [0.25, 0.3) is 6.08 Å². The van der Waals surface area contributed by atoms with Gasteiger partial charge in [0.05, 0.1) is 5.69 Å². The monoisotopic (exact) mass is 416 g/mol. The fourth-order valence-electron chi connectivity index (χ4n) is 2.96. The smallest absolute Gasteiger partial charge is 0.270 e. The van der Waals surface area contributed by atoms with Gasteiger partial charge < -0.3 is 4.74 Å². The number of carbonyl (C=O) groups excluding carboxylic acids is 2. The standard InChI is InChI=1S/C23H17N3O3S/c1-25-13-11-16(12-14-25)15-20-21(27)24-23(30)26(22(20)28)17-7-9-19(10-8-17)29-18-5-3-2-4-6-18/h2-15H,1H3/p+1. The van der Waals surface area contributed by atoms with Crippen molar-refractivity contribution < 1.29 is 18.9 Å². The molecule has 6 nitrogen and oxygen atoms in total. The van der Waals surface area contributed by atoms with E-state index in [9.17, 15) is 9.59 Å². The van der Waals surface area contributed by atoms with Gasteiger partial charge in [0.1, 0.15) is 24.1 Å². The number of anilines is 1. The zero-order chi connectivity index (χ0) is 21.1. The summed E-state index contributed by atoms with van der Waals surface area (Å²) in [6.45, 7) is 0. The molecule has 148 valence electrons. The van der Waals surface area contributed by atoms with Crippen molar-refractivity contribution in [3.63, 3.8) is 0 Å². The number of benzene rings is 2. The lowest BCUT2D eigenvalue weighted by Gasteiger charge is -2.29. The van der Waals surface area contributed by atoms with E-state index in [1.807, 2.05) is 66.5 Å². The molecule has 1 aromatic heterocycles. The van der Waals surface area contributed by atoms with Crippen molar-refractivity contribution in [3.05, 3.63) is 90.3 Å². The van der Waals surface area contributed by atoms with Crippen molar-refractivity contribution in [2.45, 2.75) is 0 Å². The number of ether oxygens (including phenoxy) is 1. The van der Waals surface area contributed by atoms with Crippen molar-refractivity contribution in [1.29, 1.82) is 0 Å². The first-order chi connectivity index (χ1) is 14.5. The van der Waals surface area contributed by atoms with Crippen molar-refractivity contribution in [3.8, 4) is 11.5 Å². The molecular weight excluding hydrogens is 398 g/mol. The fourth-order valence-corrected chi connectivity index (χ4v) is 3.24. The molecule has 1 fully saturated rings. The zero-order valence-electron chi connectivity index (χ0n) is 16.1. The Morgan fingerprint density at radius 3 is 2.23 bits per heavy atom. The number of para-hydroxylation sites is 1. The van der Waals surface area contributed by atoms with E-state index < -0.39 is 11.8 Å². The van der Waals surface area contributed by atoms with E-state index in [0.717, 1.165) is 5.56 Å². The number of nitrogens with zero attached hydrogens (tertiary/aromatic N) is 2. The maximum atomic E-state index is 13.1. The van der Waals surface area contributed by atoms with Gasteiger partial charge in [-0.3, -0.25) is 19.8 Å². The van der Waals surface area contributed by atoms with Gasteiger partial charge in [0.15, 0.2) is 17.5 Å². The van der Waals surface area contributed by atoms with E-state index in [2.05, 4.69) is 5.32 Å². The predicted molar refractivity (Wildman–Crippen MR) is 117 cm³/mol. The number of rotatable bonds is 4. The molecule has 3 aromatic rings. The zero-order valence-corrected chi connectivity index (χ0v) is 16.9. The Morgan fingerprint density at radius 1 is 0.933 bits per heavy atom. The first-order valence-corrected chi connectivity index (χ1v) is 9.62. The molecule has 0 radical (unpaired) electrons. The van der Waals surface area contributed by atoms with Crippen LogP contribution in [0.15, 0.2) is 84.7 Å². The van der Waals surface area contributed by atoms with E-state index in [0.29, 0.717) is 17.2 Å². The maximum absolute atomic E-state index is 13.1. The third-order valence-electron chi connectivity index (χ3n) is 4.49. The average molecular weight is 416 g/mol. The second-order valence-corrected chi connectivity index (χ2v) is 7.05. The van der Waals surface area contributed by atoms with Crippen LogP contribution >= 0.6 is 12.2 Å². The van der Waals surface area contributed by atoms with Crippen LogP contribution in [0.5, 0.6) is 11.5 Å². The van der Waals surface area contributed by atoms with E-state index in [4.69, 9.17) is 17.0 Å². The van der Waals surface area contributed by atoms with E-state index in [1.165, 1.54) is 4.90 Å². The van der Waals surface area contributed by atoms with Crippen LogP contribution in [0.3, 0.4) is 0 Å². The summed E-state index contributed by atoms with van der Waals surface area (Å²) in [7, 11) is 1.89. The Bertz CT molecular complexity index is 1140. The van der Waals surface area contributed by atoms with Crippen molar-refractivity contribution in [1.82, 2.24) is 5.32 Å². The Kier molecular flexibility index (Phi) is 5.36. The number of pyridine rings is 1. The van der Waals surface area contributed by atoms with Gasteiger partial charge in [0, 0.05) is 12.1 Å². The highest BCUT2D eigenvalue weighted by Gasteiger charge is 2.34. The normalized spacial score (nSPS) is 15.3. The summed E-state index contributed by atoms with van der Waals surface area (Å²) in [4.78, 5) is 26.8. The largest absolute Gasteiger partial charge is 0.457 e. The van der Waals surface area contributed by atoms with E-state index in [1.54, 1.807) is 30.3 Å². The van der Waals surface area contributed by atoms with Crippen LogP contribution in [0.4, 0.5) is 5.69 Å². The highest BCUT2D eigenvalue weighted by Crippen LogP contribution is 2.27. The van der Waals surface area contributed by atoms with Gasteiger partial charge in [0.2, 0.25) is 0 Å². The van der Waals surface area contributed by atoms with Crippen molar-refractivity contribution >= 4 is 40.9 Å². The molecule has 2 aromatic carbocycles. The second-order valence-electron chi connectivity index (χ2n) is 6.66. The average Bonchev–Trinajstić information content (AvgIpc) is 2.74. The molecule has 30 heavy (non-hydrogen) atoms. The predicted octanol–water partition coefficient (Wildman–Crippen LogP) is 3.13. The molecule has 2 heterocycles. The van der Waals surface area contributed by atoms with E-state index >= 15 is 0 Å². The highest BCUT2D eigenvalue weighted by atomic mass is 32.1. The number of hydrogen-bond acceptors (Lipinski definition) is 4. The van der Waals surface area contributed by atoms with E-state index in [-0.39, 0.29) is 10.7 Å². The van der Waals surface area contributed by atoms with Crippen LogP contribution in [0.1, 0.15) is 5.56 Å². The molecule has 1 aliphatic heterocycles. The van der Waals surface area contributed by atoms with Gasteiger partial charge in [0.25, 0.3) is 11.8 Å². The fraction of sp³-hybridized carbons (Fsp3) is 0.0435. The van der Waals surface area contributed by atoms with Gasteiger partial charge in [-0.25, -0.2) is 4.57 Å². The minimum Gasteiger partial charge on any atom is -0.457 e. The maximum Gasteiger partial charge on any atom is 0.270 e. The minimum atomic E-state index is -0.515. The highest BCUT2D eigenvalue weighted by molar-refractivity contribution is 7.80. The summed E-state index contributed by atoms with van der Waals surface area (Å²) in [5.41, 5.74) is 1.30. The van der Waals surface area contributed by atoms with Crippen LogP contribution in [0.2, 0.25) is 0 Å². The Hall–Kier alpha value is -3.84. The van der Waals surface area contributed by atoms with Crippen LogP contribution in [-0.2, 0) is 16.6 Å². The molecule has 7 heteroatoms. The lowest BCUT2D eigenvalue weighted by Crippen LogP contribution is -2.54. The number of aryl methyl sites for hydroxylation is 1. The molecule has 0 bridgehead atoms. The number of carbonyl (C=O) groups is 2. The van der Waals surface area contributed by atoms with Crippen molar-refractivity contribution in [2.24, 2.45) is 7.05 Å². The molecule has 0 saturated carbocycles. The minimum absolute atomic E-state index is 0.0158. The van der Waals surface area contributed by atoms with Crippen LogP contribution in [-0.4, -0.2) is 16.9 Å². The number of nitrogens with one attached hydrogen (secondary N) is 1. The Morgan fingerprint density at radius 2 is 1.57 bits per heavy atom. The second kappa shape index (κ2) is 8.26. The third kappa shape index (κ3) is 4.11. The molecule has 0 atom stereocenters. The summed E-state index contributed by atoms with van der Waals surface area (Å²) < 4.78 is 7.65. The van der Waals surface area contributed by atoms with Gasteiger partial charge >= 0.3 is 0 Å². The lowest BCUT2D eigenvalue weighted by atomic mass is 10.1. The molecule has 0 aliphatic carbocycles. The summed E-state index contributed by atoms with van der Waals surface area (Å²) in [5.74, 6) is 0.341. The third-order valence-corrected chi connectivity index (χ3v) is 4.78. The van der Waals surface area contributed by atoms with Gasteiger partial charge in [-0.1, -0.05) is 18.2 Å². The summed E-state index contributed by atoms with van der Waals surface area (Å²) in [6, 6.07) is 20.0. The summed E-state index contributed by atoms with van der Waals surface area (Å²) in [5, 5.41) is 2.63. The molecule has 0 unspecified atom stereocenters. The number of hydrogen-bond donors (Lipinski definition) is 1. The first-order valence-electron chi connectivity index (χ1n) is 9.21. The number of thiocarbonyl (C=S) groups is 1. The summed E-state index contributed by atoms with van der Waals surface area (Å²) in [6.07, 6.45) is 5.23.